The lowest BCUT2D eigenvalue weighted by molar-refractivity contribution is -0.140. The lowest BCUT2D eigenvalue weighted by atomic mass is 10.1. The first-order valence-corrected chi connectivity index (χ1v) is 4.43. The van der Waals surface area contributed by atoms with Gasteiger partial charge in [0.05, 0.1) is 0 Å². The zero-order valence-corrected chi connectivity index (χ0v) is 7.71. The molecule has 0 bridgehead atoms. The van der Waals surface area contributed by atoms with E-state index in [1.54, 1.807) is 0 Å². The molecule has 2 aliphatic rings. The maximum absolute atomic E-state index is 10.7. The summed E-state index contributed by atoms with van der Waals surface area (Å²) >= 11 is 0. The molecule has 3 atom stereocenters. The Balaban J connectivity index is 1.97. The summed E-state index contributed by atoms with van der Waals surface area (Å²) in [6.45, 7) is 0. The van der Waals surface area contributed by atoms with Crippen LogP contribution in [0.2, 0.25) is 0 Å². The smallest absolute Gasteiger partial charge is 0.353 e. The summed E-state index contributed by atoms with van der Waals surface area (Å²) in [5.41, 5.74) is 4.20. The zero-order chi connectivity index (χ0) is 11.2. The van der Waals surface area contributed by atoms with Gasteiger partial charge in [-0.2, -0.15) is 0 Å². The van der Waals surface area contributed by atoms with Gasteiger partial charge in [-0.1, -0.05) is 5.16 Å². The van der Waals surface area contributed by atoms with Gasteiger partial charge in [-0.25, -0.2) is 4.79 Å². The Kier molecular flexibility index (Phi) is 1.93. The molecule has 1 aliphatic heterocycles. The maximum Gasteiger partial charge on any atom is 0.353 e. The minimum absolute atomic E-state index is 0.0837. The molecule has 15 heavy (non-hydrogen) atoms. The van der Waals surface area contributed by atoms with Crippen molar-refractivity contribution < 1.29 is 24.6 Å². The first-order chi connectivity index (χ1) is 6.95. The first kappa shape index (κ1) is 9.91. The second-order valence-electron chi connectivity index (χ2n) is 3.85. The van der Waals surface area contributed by atoms with Crippen LogP contribution in [-0.4, -0.2) is 39.5 Å². The van der Waals surface area contributed by atoms with E-state index in [1.165, 1.54) is 0 Å². The number of hydrogen-bond donors (Lipinski definition) is 3. The summed E-state index contributed by atoms with van der Waals surface area (Å²) in [5, 5.41) is 20.8. The fourth-order valence-electron chi connectivity index (χ4n) is 1.75. The molecule has 0 amide bonds. The van der Waals surface area contributed by atoms with Gasteiger partial charge in [0.25, 0.3) is 0 Å². The summed E-state index contributed by atoms with van der Waals surface area (Å²) in [6.07, 6.45) is -0.0982. The lowest BCUT2D eigenvalue weighted by Crippen LogP contribution is -2.38. The van der Waals surface area contributed by atoms with Crippen LogP contribution in [0.15, 0.2) is 5.16 Å². The molecule has 82 valence electrons. The van der Waals surface area contributed by atoms with E-state index in [0.29, 0.717) is 6.42 Å². The van der Waals surface area contributed by atoms with Crippen LogP contribution in [0.1, 0.15) is 12.8 Å². The average molecular weight is 214 g/mol. The molecule has 0 aromatic rings. The number of carboxylic acids is 2. The molecule has 4 N–H and O–H groups in total. The highest BCUT2D eigenvalue weighted by Gasteiger charge is 2.63. The van der Waals surface area contributed by atoms with Crippen molar-refractivity contribution in [1.29, 1.82) is 0 Å². The molecule has 0 spiro atoms. The topological polar surface area (TPSA) is 122 Å². The van der Waals surface area contributed by atoms with Gasteiger partial charge in [0.15, 0.2) is 5.71 Å². The Morgan fingerprint density at radius 3 is 2.60 bits per heavy atom. The standard InChI is InChI=1S/C8H10N2O5/c9-8(7(13)14)2-3(8)5-1-4(6(11)12)10-15-5/h3,5H,1-2,9H2,(H,11,12)(H,13,14)/t3-,5+,8+/m0/s1. The second kappa shape index (κ2) is 2.93. The van der Waals surface area contributed by atoms with Gasteiger partial charge >= 0.3 is 11.9 Å². The number of nitrogens with zero attached hydrogens (tertiary/aromatic N) is 1. The van der Waals surface area contributed by atoms with Gasteiger partial charge in [0, 0.05) is 12.3 Å². The highest BCUT2D eigenvalue weighted by molar-refractivity contribution is 6.35. The van der Waals surface area contributed by atoms with Crippen molar-refractivity contribution in [2.75, 3.05) is 0 Å². The van der Waals surface area contributed by atoms with Crippen molar-refractivity contribution >= 4 is 17.7 Å². The monoisotopic (exact) mass is 214 g/mol. The number of hydrogen-bond acceptors (Lipinski definition) is 5. The molecule has 0 saturated heterocycles. The molecule has 1 saturated carbocycles. The molecule has 0 aromatic carbocycles. The van der Waals surface area contributed by atoms with Crippen molar-refractivity contribution in [3.05, 3.63) is 0 Å². The summed E-state index contributed by atoms with van der Waals surface area (Å²) in [4.78, 5) is 26.1. The van der Waals surface area contributed by atoms with Gasteiger partial charge in [0.2, 0.25) is 0 Å². The SMILES string of the molecule is N[C@]1(C(=O)O)C[C@H]1[C@H]1CC(C(=O)O)=NO1. The van der Waals surface area contributed by atoms with E-state index >= 15 is 0 Å². The number of oxime groups is 1. The van der Waals surface area contributed by atoms with E-state index in [1.807, 2.05) is 0 Å². The van der Waals surface area contributed by atoms with Gasteiger partial charge in [-0.05, 0) is 6.42 Å². The van der Waals surface area contributed by atoms with E-state index in [4.69, 9.17) is 20.8 Å². The molecule has 0 radical (unpaired) electrons. The molecule has 7 heteroatoms. The zero-order valence-electron chi connectivity index (χ0n) is 7.71. The molecule has 1 heterocycles. The summed E-state index contributed by atoms with van der Waals surface area (Å²) in [5.74, 6) is -2.58. The van der Waals surface area contributed by atoms with Gasteiger partial charge in [0.1, 0.15) is 11.6 Å². The predicted octanol–water partition coefficient (Wildman–Crippen LogP) is -0.982. The summed E-state index contributed by atoms with van der Waals surface area (Å²) < 4.78 is 0. The van der Waals surface area contributed by atoms with Crippen molar-refractivity contribution in [1.82, 2.24) is 0 Å². The van der Waals surface area contributed by atoms with E-state index < -0.39 is 23.6 Å². The Bertz CT molecular complexity index is 366. The van der Waals surface area contributed by atoms with E-state index in [0.717, 1.165) is 0 Å². The van der Waals surface area contributed by atoms with Crippen LogP contribution < -0.4 is 5.73 Å². The van der Waals surface area contributed by atoms with Crippen LogP contribution in [0.4, 0.5) is 0 Å². The summed E-state index contributed by atoms with van der Waals surface area (Å²) in [6, 6.07) is 0. The Morgan fingerprint density at radius 2 is 2.20 bits per heavy atom. The fourth-order valence-corrected chi connectivity index (χ4v) is 1.75. The molecule has 1 fully saturated rings. The van der Waals surface area contributed by atoms with E-state index in [2.05, 4.69) is 5.16 Å². The molecule has 1 aliphatic carbocycles. The number of carboxylic acid groups (broad SMARTS) is 2. The molecule has 0 aromatic heterocycles. The minimum atomic E-state index is -1.27. The van der Waals surface area contributed by atoms with Crippen LogP contribution >= 0.6 is 0 Å². The maximum atomic E-state index is 10.7. The highest BCUT2D eigenvalue weighted by atomic mass is 16.6. The van der Waals surface area contributed by atoms with Crippen LogP contribution in [0.3, 0.4) is 0 Å². The van der Waals surface area contributed by atoms with Gasteiger partial charge in [-0.15, -0.1) is 0 Å². The number of carbonyl (C=O) groups is 2. The lowest BCUT2D eigenvalue weighted by Gasteiger charge is -2.09. The normalized spacial score (nSPS) is 38.1. The van der Waals surface area contributed by atoms with Crippen molar-refractivity contribution in [2.24, 2.45) is 16.8 Å². The van der Waals surface area contributed by atoms with Crippen LogP contribution in [0.25, 0.3) is 0 Å². The van der Waals surface area contributed by atoms with Crippen LogP contribution in [-0.2, 0) is 14.4 Å². The molecule has 2 rings (SSSR count). The van der Waals surface area contributed by atoms with Gasteiger partial charge in [-0.3, -0.25) is 4.79 Å². The number of rotatable bonds is 3. The minimum Gasteiger partial charge on any atom is -0.480 e. The summed E-state index contributed by atoms with van der Waals surface area (Å²) in [7, 11) is 0. The molecular formula is C8H10N2O5. The Labute approximate surface area is 84.5 Å². The molecular weight excluding hydrogens is 204 g/mol. The Hall–Kier alpha value is -1.63. The third-order valence-corrected chi connectivity index (χ3v) is 2.85. The van der Waals surface area contributed by atoms with Crippen molar-refractivity contribution in [2.45, 2.75) is 24.5 Å². The van der Waals surface area contributed by atoms with Crippen molar-refractivity contribution in [3.8, 4) is 0 Å². The van der Waals surface area contributed by atoms with Gasteiger partial charge < -0.3 is 20.8 Å². The quantitative estimate of drug-likeness (QED) is 0.554. The largest absolute Gasteiger partial charge is 0.480 e. The first-order valence-electron chi connectivity index (χ1n) is 4.43. The van der Waals surface area contributed by atoms with E-state index in [9.17, 15) is 9.59 Å². The number of aliphatic carboxylic acids is 2. The predicted molar refractivity (Wildman–Crippen MR) is 47.2 cm³/mol. The molecule has 0 unspecified atom stereocenters. The van der Waals surface area contributed by atoms with Crippen molar-refractivity contribution in [3.63, 3.8) is 0 Å². The van der Waals surface area contributed by atoms with E-state index in [-0.39, 0.29) is 18.1 Å². The highest BCUT2D eigenvalue weighted by Crippen LogP contribution is 2.47. The van der Waals surface area contributed by atoms with Crippen LogP contribution in [0.5, 0.6) is 0 Å². The van der Waals surface area contributed by atoms with Crippen LogP contribution in [0, 0.1) is 5.92 Å². The molecule has 7 nitrogen and oxygen atoms in total. The third kappa shape index (κ3) is 1.44. The average Bonchev–Trinajstić information content (AvgIpc) is 2.63. The third-order valence-electron chi connectivity index (χ3n) is 2.85. The number of nitrogens with two attached hydrogens (primary N) is 1. The second-order valence-corrected chi connectivity index (χ2v) is 3.85. The fraction of sp³-hybridized carbons (Fsp3) is 0.625. The Morgan fingerprint density at radius 1 is 1.53 bits per heavy atom.